The van der Waals surface area contributed by atoms with Gasteiger partial charge in [0.2, 0.25) is 0 Å². The van der Waals surface area contributed by atoms with Crippen LogP contribution in [0.4, 0.5) is 4.79 Å². The Morgan fingerprint density at radius 1 is 1.11 bits per heavy atom. The van der Waals surface area contributed by atoms with E-state index in [4.69, 9.17) is 5.11 Å². The lowest BCUT2D eigenvalue weighted by Gasteiger charge is -2.40. The quantitative estimate of drug-likeness (QED) is 0.877. The molecule has 0 bridgehead atoms. The van der Waals surface area contributed by atoms with Crippen LogP contribution in [0.1, 0.15) is 17.5 Å². The predicted molar refractivity (Wildman–Crippen MR) is 68.4 cm³/mol. The second kappa shape index (κ2) is 4.57. The second-order valence-corrected chi connectivity index (χ2v) is 5.28. The van der Waals surface area contributed by atoms with Gasteiger partial charge >= 0.3 is 12.0 Å². The van der Waals surface area contributed by atoms with Crippen molar-refractivity contribution in [3.05, 3.63) is 35.4 Å². The molecule has 0 unspecified atom stereocenters. The third kappa shape index (κ3) is 2.28. The summed E-state index contributed by atoms with van der Waals surface area (Å²) >= 11 is 0. The van der Waals surface area contributed by atoms with E-state index in [2.05, 4.69) is 0 Å². The number of carbonyl (C=O) groups excluding carboxylic acids is 1. The lowest BCUT2D eigenvalue weighted by atomic mass is 9.97. The van der Waals surface area contributed by atoms with Crippen LogP contribution in [0.2, 0.25) is 0 Å². The number of hydrogen-bond donors (Lipinski definition) is 1. The van der Waals surface area contributed by atoms with Crippen molar-refractivity contribution in [2.45, 2.75) is 19.5 Å². The van der Waals surface area contributed by atoms with Gasteiger partial charge in [-0.3, -0.25) is 4.79 Å². The van der Waals surface area contributed by atoms with E-state index in [-0.39, 0.29) is 18.4 Å². The van der Waals surface area contributed by atoms with Crippen molar-refractivity contribution in [2.75, 3.05) is 13.1 Å². The van der Waals surface area contributed by atoms with E-state index in [1.54, 1.807) is 4.90 Å². The number of likely N-dealkylation sites (tertiary alicyclic amines) is 1. The molecule has 2 aliphatic rings. The summed E-state index contributed by atoms with van der Waals surface area (Å²) in [5.74, 6) is -0.669. The molecule has 3 rings (SSSR count). The zero-order valence-corrected chi connectivity index (χ0v) is 10.6. The SMILES string of the molecule is O=C(O)CC1CN(C(=O)N2Cc3ccccc3C2)C1. The molecule has 0 atom stereocenters. The van der Waals surface area contributed by atoms with E-state index in [0.29, 0.717) is 26.2 Å². The first-order valence-electron chi connectivity index (χ1n) is 6.46. The number of carboxylic acids is 1. The number of fused-ring (bicyclic) bond motifs is 1. The number of amides is 2. The van der Waals surface area contributed by atoms with Gasteiger partial charge in [-0.05, 0) is 11.1 Å². The Kier molecular flexibility index (Phi) is 2.89. The number of urea groups is 1. The Morgan fingerprint density at radius 3 is 2.21 bits per heavy atom. The Hall–Kier alpha value is -2.04. The zero-order chi connectivity index (χ0) is 13.4. The molecular weight excluding hydrogens is 244 g/mol. The molecule has 0 aliphatic carbocycles. The lowest BCUT2D eigenvalue weighted by molar-refractivity contribution is -0.139. The molecule has 0 spiro atoms. The molecule has 2 heterocycles. The topological polar surface area (TPSA) is 60.9 Å². The molecule has 19 heavy (non-hydrogen) atoms. The Morgan fingerprint density at radius 2 is 1.68 bits per heavy atom. The van der Waals surface area contributed by atoms with E-state index < -0.39 is 5.97 Å². The van der Waals surface area contributed by atoms with Crippen LogP contribution >= 0.6 is 0 Å². The van der Waals surface area contributed by atoms with Crippen molar-refractivity contribution in [1.29, 1.82) is 0 Å². The minimum atomic E-state index is -0.786. The number of carbonyl (C=O) groups is 2. The summed E-state index contributed by atoms with van der Waals surface area (Å²) in [5, 5.41) is 8.69. The Bertz CT molecular complexity index is 498. The average Bonchev–Trinajstić information content (AvgIpc) is 2.75. The molecule has 1 saturated heterocycles. The lowest BCUT2D eigenvalue weighted by Crippen LogP contribution is -2.54. The van der Waals surface area contributed by atoms with Gasteiger partial charge in [-0.15, -0.1) is 0 Å². The molecular formula is C14H16N2O3. The van der Waals surface area contributed by atoms with Gasteiger partial charge in [-0.25, -0.2) is 4.79 Å². The molecule has 100 valence electrons. The average molecular weight is 260 g/mol. The van der Waals surface area contributed by atoms with Crippen molar-refractivity contribution in [2.24, 2.45) is 5.92 Å². The number of hydrogen-bond acceptors (Lipinski definition) is 2. The second-order valence-electron chi connectivity index (χ2n) is 5.28. The van der Waals surface area contributed by atoms with Crippen LogP contribution in [0.15, 0.2) is 24.3 Å². The minimum absolute atomic E-state index is 0.0258. The maximum absolute atomic E-state index is 12.2. The zero-order valence-electron chi connectivity index (χ0n) is 10.6. The number of carboxylic acid groups (broad SMARTS) is 1. The molecule has 5 heteroatoms. The number of aliphatic carboxylic acids is 1. The van der Waals surface area contributed by atoms with Crippen LogP contribution in [0.5, 0.6) is 0 Å². The standard InChI is InChI=1S/C14H16N2O3/c17-13(18)5-10-6-15(7-10)14(19)16-8-11-3-1-2-4-12(11)9-16/h1-4,10H,5-9H2,(H,17,18). The third-order valence-electron chi connectivity index (χ3n) is 3.80. The summed E-state index contributed by atoms with van der Waals surface area (Å²) in [6, 6.07) is 8.09. The molecule has 0 radical (unpaired) electrons. The van der Waals surface area contributed by atoms with Gasteiger partial charge in [0, 0.05) is 32.1 Å². The van der Waals surface area contributed by atoms with Crippen molar-refractivity contribution in [3.8, 4) is 0 Å². The molecule has 0 saturated carbocycles. The van der Waals surface area contributed by atoms with Crippen molar-refractivity contribution in [1.82, 2.24) is 9.80 Å². The maximum atomic E-state index is 12.2. The Balaban J connectivity index is 1.55. The van der Waals surface area contributed by atoms with Gasteiger partial charge in [0.1, 0.15) is 0 Å². The first-order chi connectivity index (χ1) is 9.13. The monoisotopic (exact) mass is 260 g/mol. The fourth-order valence-electron chi connectivity index (χ4n) is 2.77. The minimum Gasteiger partial charge on any atom is -0.481 e. The molecule has 1 aromatic carbocycles. The summed E-state index contributed by atoms with van der Waals surface area (Å²) in [6.07, 6.45) is 0.157. The van der Waals surface area contributed by atoms with E-state index >= 15 is 0 Å². The van der Waals surface area contributed by atoms with E-state index in [0.717, 1.165) is 0 Å². The summed E-state index contributed by atoms with van der Waals surface area (Å²) < 4.78 is 0. The van der Waals surface area contributed by atoms with Crippen LogP contribution in [0.25, 0.3) is 0 Å². The number of nitrogens with zero attached hydrogens (tertiary/aromatic N) is 2. The van der Waals surface area contributed by atoms with E-state index in [9.17, 15) is 9.59 Å². The van der Waals surface area contributed by atoms with E-state index in [1.807, 2.05) is 29.2 Å². The van der Waals surface area contributed by atoms with Crippen LogP contribution in [-0.4, -0.2) is 40.0 Å². The summed E-state index contributed by atoms with van der Waals surface area (Å²) in [5.41, 5.74) is 2.41. The van der Waals surface area contributed by atoms with E-state index in [1.165, 1.54) is 11.1 Å². The van der Waals surface area contributed by atoms with Crippen LogP contribution < -0.4 is 0 Å². The molecule has 1 fully saturated rings. The highest BCUT2D eigenvalue weighted by atomic mass is 16.4. The fourth-order valence-corrected chi connectivity index (χ4v) is 2.77. The summed E-state index contributed by atoms with van der Waals surface area (Å²) in [6.45, 7) is 2.46. The van der Waals surface area contributed by atoms with Crippen molar-refractivity contribution < 1.29 is 14.7 Å². The van der Waals surface area contributed by atoms with Gasteiger partial charge in [0.05, 0.1) is 6.42 Å². The molecule has 1 N–H and O–H groups in total. The predicted octanol–water partition coefficient (Wildman–Crippen LogP) is 1.53. The summed E-state index contributed by atoms with van der Waals surface area (Å²) in [4.78, 5) is 26.4. The molecule has 2 amide bonds. The van der Waals surface area contributed by atoms with Crippen molar-refractivity contribution in [3.63, 3.8) is 0 Å². The van der Waals surface area contributed by atoms with Crippen LogP contribution in [0.3, 0.4) is 0 Å². The molecule has 2 aliphatic heterocycles. The first kappa shape index (κ1) is 12.0. The number of benzene rings is 1. The molecule has 5 nitrogen and oxygen atoms in total. The van der Waals surface area contributed by atoms with Gasteiger partial charge < -0.3 is 14.9 Å². The summed E-state index contributed by atoms with van der Waals surface area (Å²) in [7, 11) is 0. The maximum Gasteiger partial charge on any atom is 0.320 e. The number of rotatable bonds is 2. The largest absolute Gasteiger partial charge is 0.481 e. The van der Waals surface area contributed by atoms with Gasteiger partial charge in [0.15, 0.2) is 0 Å². The smallest absolute Gasteiger partial charge is 0.320 e. The molecule has 1 aromatic rings. The fraction of sp³-hybridized carbons (Fsp3) is 0.429. The van der Waals surface area contributed by atoms with Crippen LogP contribution in [0, 0.1) is 5.92 Å². The van der Waals surface area contributed by atoms with Gasteiger partial charge in [0.25, 0.3) is 0 Å². The van der Waals surface area contributed by atoms with Gasteiger partial charge in [-0.2, -0.15) is 0 Å². The first-order valence-corrected chi connectivity index (χ1v) is 6.46. The van der Waals surface area contributed by atoms with Crippen molar-refractivity contribution >= 4 is 12.0 Å². The highest BCUT2D eigenvalue weighted by molar-refractivity contribution is 5.76. The van der Waals surface area contributed by atoms with Gasteiger partial charge in [-0.1, -0.05) is 24.3 Å². The Labute approximate surface area is 111 Å². The third-order valence-corrected chi connectivity index (χ3v) is 3.80. The molecule has 0 aromatic heterocycles. The highest BCUT2D eigenvalue weighted by Gasteiger charge is 2.35. The highest BCUT2D eigenvalue weighted by Crippen LogP contribution is 2.26. The normalized spacial score (nSPS) is 18.1. The van der Waals surface area contributed by atoms with Crippen LogP contribution in [-0.2, 0) is 17.9 Å².